The molecule has 3 nitrogen and oxygen atoms in total. The van der Waals surface area contributed by atoms with Crippen LogP contribution in [0.25, 0.3) is 12.2 Å². The van der Waals surface area contributed by atoms with Crippen molar-refractivity contribution in [1.29, 1.82) is 0 Å². The number of hydrogen-bond donors (Lipinski definition) is 0. The summed E-state index contributed by atoms with van der Waals surface area (Å²) in [6, 6.07) is 20.0. The lowest BCUT2D eigenvalue weighted by Gasteiger charge is -2.06. The van der Waals surface area contributed by atoms with Gasteiger partial charge in [-0.05, 0) is 54.4 Å². The molecule has 1 aliphatic rings. The van der Waals surface area contributed by atoms with Crippen molar-refractivity contribution in [2.24, 2.45) is 5.10 Å². The third-order valence-electron chi connectivity index (χ3n) is 3.90. The SMILES string of the molecule is CC(/C=N\N1C(=O)/C(=C/C(C)=C/c2ccccc2)SC1=S)=C\c1ccccc1. The molecule has 1 aliphatic heterocycles. The second-order valence-electron chi connectivity index (χ2n) is 6.34. The van der Waals surface area contributed by atoms with Crippen molar-refractivity contribution in [3.63, 3.8) is 0 Å². The first-order chi connectivity index (χ1) is 13.5. The molecule has 1 saturated heterocycles. The second-order valence-corrected chi connectivity index (χ2v) is 8.01. The maximum atomic E-state index is 12.7. The molecular formula is C23H20N2OS2. The highest BCUT2D eigenvalue weighted by Crippen LogP contribution is 2.32. The van der Waals surface area contributed by atoms with Crippen molar-refractivity contribution in [2.75, 3.05) is 0 Å². The van der Waals surface area contributed by atoms with Gasteiger partial charge in [0.2, 0.25) is 0 Å². The molecule has 2 aromatic rings. The molecule has 0 saturated carbocycles. The third kappa shape index (κ3) is 5.38. The Morgan fingerprint density at radius 1 is 0.929 bits per heavy atom. The van der Waals surface area contributed by atoms with Crippen LogP contribution in [0.15, 0.2) is 87.9 Å². The van der Waals surface area contributed by atoms with Gasteiger partial charge in [0.05, 0.1) is 11.1 Å². The molecule has 5 heteroatoms. The lowest BCUT2D eigenvalue weighted by atomic mass is 10.1. The number of hydrogen-bond acceptors (Lipinski definition) is 4. The van der Waals surface area contributed by atoms with Gasteiger partial charge in [0, 0.05) is 0 Å². The Labute approximate surface area is 175 Å². The number of benzene rings is 2. The van der Waals surface area contributed by atoms with Crippen LogP contribution < -0.4 is 0 Å². The summed E-state index contributed by atoms with van der Waals surface area (Å²) in [4.78, 5) is 13.2. The average Bonchev–Trinajstić information content (AvgIpc) is 2.94. The Kier molecular flexibility index (Phi) is 6.74. The van der Waals surface area contributed by atoms with Gasteiger partial charge in [0.25, 0.3) is 5.91 Å². The lowest BCUT2D eigenvalue weighted by molar-refractivity contribution is -0.122. The first-order valence-electron chi connectivity index (χ1n) is 8.81. The number of thioether (sulfide) groups is 1. The largest absolute Gasteiger partial charge is 0.286 e. The summed E-state index contributed by atoms with van der Waals surface area (Å²) in [5.74, 6) is -0.195. The minimum Gasteiger partial charge on any atom is -0.266 e. The Balaban J connectivity index is 1.73. The Morgan fingerprint density at radius 3 is 2.04 bits per heavy atom. The van der Waals surface area contributed by atoms with Crippen molar-refractivity contribution in [2.45, 2.75) is 13.8 Å². The molecular weight excluding hydrogens is 384 g/mol. The van der Waals surface area contributed by atoms with E-state index in [1.54, 1.807) is 6.21 Å². The van der Waals surface area contributed by atoms with Crippen LogP contribution in [-0.2, 0) is 4.79 Å². The van der Waals surface area contributed by atoms with Crippen LogP contribution in [0.5, 0.6) is 0 Å². The highest BCUT2D eigenvalue weighted by molar-refractivity contribution is 8.26. The molecule has 28 heavy (non-hydrogen) atoms. The van der Waals surface area contributed by atoms with Crippen LogP contribution in [0, 0.1) is 0 Å². The zero-order valence-electron chi connectivity index (χ0n) is 15.7. The standard InChI is InChI=1S/C23H20N2OS2/c1-17(13-19-9-5-3-6-10-19)15-21-22(26)25(23(27)28-21)24-16-18(2)14-20-11-7-4-8-12-20/h3-16H,1-2H3/b17-13+,18-14+,21-15-,24-16-. The van der Waals surface area contributed by atoms with Crippen molar-refractivity contribution < 1.29 is 4.79 Å². The zero-order valence-corrected chi connectivity index (χ0v) is 17.3. The zero-order chi connectivity index (χ0) is 19.9. The molecule has 1 fully saturated rings. The molecule has 1 heterocycles. The number of carbonyl (C=O) groups is 1. The van der Waals surface area contributed by atoms with Gasteiger partial charge in [-0.2, -0.15) is 10.1 Å². The van der Waals surface area contributed by atoms with Gasteiger partial charge >= 0.3 is 0 Å². The number of allylic oxidation sites excluding steroid dienone is 3. The van der Waals surface area contributed by atoms with Gasteiger partial charge in [0.15, 0.2) is 4.32 Å². The van der Waals surface area contributed by atoms with Gasteiger partial charge in [0.1, 0.15) is 0 Å². The van der Waals surface area contributed by atoms with Crippen molar-refractivity contribution in [3.8, 4) is 0 Å². The molecule has 0 radical (unpaired) electrons. The van der Waals surface area contributed by atoms with Gasteiger partial charge < -0.3 is 0 Å². The minimum atomic E-state index is -0.195. The van der Waals surface area contributed by atoms with Crippen molar-refractivity contribution in [3.05, 3.63) is 93.9 Å². The number of rotatable bonds is 5. The highest BCUT2D eigenvalue weighted by Gasteiger charge is 2.31. The first-order valence-corrected chi connectivity index (χ1v) is 10.0. The number of carbonyl (C=O) groups excluding carboxylic acids is 1. The molecule has 1 amide bonds. The summed E-state index contributed by atoms with van der Waals surface area (Å²) in [6.07, 6.45) is 7.55. The monoisotopic (exact) mass is 404 g/mol. The van der Waals surface area contributed by atoms with E-state index in [4.69, 9.17) is 12.2 Å². The smallest absolute Gasteiger partial charge is 0.266 e. The summed E-state index contributed by atoms with van der Waals surface area (Å²) in [5, 5.41) is 5.57. The topological polar surface area (TPSA) is 32.7 Å². The molecule has 2 aromatic carbocycles. The lowest BCUT2D eigenvalue weighted by Crippen LogP contribution is -2.22. The summed E-state index contributed by atoms with van der Waals surface area (Å²) in [5.41, 5.74) is 4.09. The molecule has 0 bridgehead atoms. The van der Waals surface area contributed by atoms with Crippen molar-refractivity contribution in [1.82, 2.24) is 5.01 Å². The van der Waals surface area contributed by atoms with Crippen LogP contribution in [0.1, 0.15) is 25.0 Å². The molecule has 0 spiro atoms. The fraction of sp³-hybridized carbons (Fsp3) is 0.0870. The van der Waals surface area contributed by atoms with Gasteiger partial charge in [-0.25, -0.2) is 0 Å². The predicted molar refractivity (Wildman–Crippen MR) is 124 cm³/mol. The van der Waals surface area contributed by atoms with E-state index in [0.29, 0.717) is 9.23 Å². The van der Waals surface area contributed by atoms with Crippen LogP contribution in [0.4, 0.5) is 0 Å². The molecule has 0 atom stereocenters. The maximum Gasteiger partial charge on any atom is 0.286 e. The van der Waals surface area contributed by atoms with E-state index in [2.05, 4.69) is 5.10 Å². The van der Waals surface area contributed by atoms with Crippen molar-refractivity contribution >= 4 is 52.6 Å². The summed E-state index contributed by atoms with van der Waals surface area (Å²) in [6.45, 7) is 3.91. The quantitative estimate of drug-likeness (QED) is 0.352. The highest BCUT2D eigenvalue weighted by atomic mass is 32.2. The van der Waals surface area contributed by atoms with Gasteiger partial charge in [-0.1, -0.05) is 84.6 Å². The fourth-order valence-electron chi connectivity index (χ4n) is 2.62. The number of amides is 1. The molecule has 140 valence electrons. The average molecular weight is 405 g/mol. The van der Waals surface area contributed by atoms with E-state index in [0.717, 1.165) is 22.3 Å². The molecule has 0 aromatic heterocycles. The Bertz CT molecular complexity index is 990. The van der Waals surface area contributed by atoms with E-state index in [1.807, 2.05) is 92.7 Å². The van der Waals surface area contributed by atoms with Crippen LogP contribution in [-0.4, -0.2) is 21.5 Å². The third-order valence-corrected chi connectivity index (χ3v) is 5.18. The van der Waals surface area contributed by atoms with E-state index in [9.17, 15) is 4.79 Å². The van der Waals surface area contributed by atoms with E-state index in [-0.39, 0.29) is 5.91 Å². The first kappa shape index (κ1) is 20.0. The molecule has 0 unspecified atom stereocenters. The summed E-state index contributed by atoms with van der Waals surface area (Å²) >= 11 is 6.60. The normalized spacial score (nSPS) is 17.2. The number of thiocarbonyl (C=S) groups is 1. The Hall–Kier alpha value is -2.76. The summed E-state index contributed by atoms with van der Waals surface area (Å²) in [7, 11) is 0. The number of hydrazone groups is 1. The van der Waals surface area contributed by atoms with Gasteiger partial charge in [-0.3, -0.25) is 4.79 Å². The molecule has 0 N–H and O–H groups in total. The fourth-order valence-corrected chi connectivity index (χ4v) is 3.84. The number of nitrogens with zero attached hydrogens (tertiary/aromatic N) is 2. The maximum absolute atomic E-state index is 12.7. The Morgan fingerprint density at radius 2 is 1.46 bits per heavy atom. The second kappa shape index (κ2) is 9.44. The van der Waals surface area contributed by atoms with Crippen LogP contribution in [0.3, 0.4) is 0 Å². The summed E-state index contributed by atoms with van der Waals surface area (Å²) < 4.78 is 0.438. The van der Waals surface area contributed by atoms with E-state index >= 15 is 0 Å². The minimum absolute atomic E-state index is 0.195. The van der Waals surface area contributed by atoms with E-state index in [1.165, 1.54) is 16.8 Å². The van der Waals surface area contributed by atoms with Crippen LogP contribution >= 0.6 is 24.0 Å². The molecule has 3 rings (SSSR count). The van der Waals surface area contributed by atoms with E-state index < -0.39 is 0 Å². The van der Waals surface area contributed by atoms with Crippen LogP contribution in [0.2, 0.25) is 0 Å². The van der Waals surface area contributed by atoms with Gasteiger partial charge in [-0.15, -0.1) is 0 Å². The predicted octanol–water partition coefficient (Wildman–Crippen LogP) is 5.92. The molecule has 0 aliphatic carbocycles.